The third-order valence-corrected chi connectivity index (χ3v) is 4.06. The normalized spacial score (nSPS) is 18.0. The Kier molecular flexibility index (Phi) is 5.97. The van der Waals surface area contributed by atoms with Crippen LogP contribution in [-0.2, 0) is 0 Å². The van der Waals surface area contributed by atoms with Crippen LogP contribution >= 0.6 is 0 Å². The van der Waals surface area contributed by atoms with E-state index in [9.17, 15) is 0 Å². The second kappa shape index (κ2) is 7.98. The minimum atomic E-state index is 0.381. The van der Waals surface area contributed by atoms with Gasteiger partial charge in [-0.05, 0) is 12.0 Å². The highest BCUT2D eigenvalue weighted by molar-refractivity contribution is 5.21. The van der Waals surface area contributed by atoms with E-state index in [1.165, 1.54) is 44.1 Å². The van der Waals surface area contributed by atoms with Crippen LogP contribution in [0.25, 0.3) is 0 Å². The molecule has 1 heterocycles. The van der Waals surface area contributed by atoms with Crippen LogP contribution in [0.1, 0.15) is 57.2 Å². The van der Waals surface area contributed by atoms with Crippen LogP contribution in [0.2, 0.25) is 0 Å². The molecule has 2 rings (SSSR count). The first-order chi connectivity index (χ1) is 9.83. The van der Waals surface area contributed by atoms with Crippen LogP contribution in [0.4, 0.5) is 0 Å². The summed E-state index contributed by atoms with van der Waals surface area (Å²) in [6.07, 6.45) is 13.0. The van der Waals surface area contributed by atoms with Gasteiger partial charge in [-0.3, -0.25) is 0 Å². The summed E-state index contributed by atoms with van der Waals surface area (Å²) in [5.74, 6) is 0. The van der Waals surface area contributed by atoms with Gasteiger partial charge in [0.15, 0.2) is 0 Å². The van der Waals surface area contributed by atoms with Crippen molar-refractivity contribution in [3.8, 4) is 0 Å². The molecule has 0 aromatic heterocycles. The molecule has 1 unspecified atom stereocenters. The Hall–Kier alpha value is -1.44. The zero-order valence-corrected chi connectivity index (χ0v) is 13.0. The van der Waals surface area contributed by atoms with E-state index >= 15 is 0 Å². The molecule has 20 heavy (non-hydrogen) atoms. The average Bonchev–Trinajstić information content (AvgIpc) is 2.84. The SMILES string of the molecule is CCCCCCCCN1C=CN(C)C1c1ccccc1. The van der Waals surface area contributed by atoms with E-state index < -0.39 is 0 Å². The molecule has 0 bridgehead atoms. The first-order valence-electron chi connectivity index (χ1n) is 8.04. The van der Waals surface area contributed by atoms with Crippen molar-refractivity contribution in [1.29, 1.82) is 0 Å². The smallest absolute Gasteiger partial charge is 0.127 e. The molecule has 2 nitrogen and oxygen atoms in total. The Morgan fingerprint density at radius 3 is 2.35 bits per heavy atom. The third kappa shape index (κ3) is 4.03. The molecule has 0 radical (unpaired) electrons. The fourth-order valence-corrected chi connectivity index (χ4v) is 2.91. The fraction of sp³-hybridized carbons (Fsp3) is 0.556. The zero-order valence-electron chi connectivity index (χ0n) is 13.0. The standard InChI is InChI=1S/C18H28N2/c1-3-4-5-6-7-11-14-20-16-15-19(2)18(20)17-12-9-8-10-13-17/h8-10,12-13,15-16,18H,3-7,11,14H2,1-2H3. The summed E-state index contributed by atoms with van der Waals surface area (Å²) in [6, 6.07) is 10.8. The Bertz CT molecular complexity index is 399. The molecule has 1 aliphatic heterocycles. The molecule has 0 saturated heterocycles. The Morgan fingerprint density at radius 2 is 1.60 bits per heavy atom. The van der Waals surface area contributed by atoms with Gasteiger partial charge in [0.25, 0.3) is 0 Å². The van der Waals surface area contributed by atoms with Crippen LogP contribution in [0.5, 0.6) is 0 Å². The molecule has 110 valence electrons. The van der Waals surface area contributed by atoms with Gasteiger partial charge in [0.2, 0.25) is 0 Å². The van der Waals surface area contributed by atoms with E-state index in [1.54, 1.807) is 0 Å². The van der Waals surface area contributed by atoms with Crippen LogP contribution in [0, 0.1) is 0 Å². The lowest BCUT2D eigenvalue weighted by atomic mass is 10.1. The van der Waals surface area contributed by atoms with Crippen LogP contribution in [0.15, 0.2) is 42.7 Å². The maximum atomic E-state index is 2.47. The van der Waals surface area contributed by atoms with Crippen molar-refractivity contribution in [2.75, 3.05) is 13.6 Å². The monoisotopic (exact) mass is 272 g/mol. The predicted molar refractivity (Wildman–Crippen MR) is 86.2 cm³/mol. The molecule has 1 aromatic rings. The first kappa shape index (κ1) is 15.0. The summed E-state index contributed by atoms with van der Waals surface area (Å²) in [5.41, 5.74) is 1.38. The fourth-order valence-electron chi connectivity index (χ4n) is 2.91. The number of hydrogen-bond donors (Lipinski definition) is 0. The van der Waals surface area contributed by atoms with Crippen molar-refractivity contribution < 1.29 is 0 Å². The first-order valence-corrected chi connectivity index (χ1v) is 8.04. The minimum absolute atomic E-state index is 0.381. The third-order valence-electron chi connectivity index (χ3n) is 4.06. The molecule has 0 spiro atoms. The van der Waals surface area contributed by atoms with E-state index in [0.29, 0.717) is 6.17 Å². The van der Waals surface area contributed by atoms with E-state index in [4.69, 9.17) is 0 Å². The van der Waals surface area contributed by atoms with Gasteiger partial charge >= 0.3 is 0 Å². The van der Waals surface area contributed by atoms with Crippen LogP contribution in [-0.4, -0.2) is 23.4 Å². The molecule has 1 aromatic carbocycles. The molecule has 1 atom stereocenters. The number of hydrogen-bond acceptors (Lipinski definition) is 2. The quantitative estimate of drug-likeness (QED) is 0.629. The highest BCUT2D eigenvalue weighted by atomic mass is 15.4. The maximum Gasteiger partial charge on any atom is 0.127 e. The summed E-state index contributed by atoms with van der Waals surface area (Å²) in [5, 5.41) is 0. The molecular formula is C18H28N2. The molecule has 1 aliphatic rings. The number of benzene rings is 1. The van der Waals surface area contributed by atoms with Crippen molar-refractivity contribution in [1.82, 2.24) is 9.80 Å². The number of nitrogens with zero attached hydrogens (tertiary/aromatic N) is 2. The molecule has 0 saturated carbocycles. The minimum Gasteiger partial charge on any atom is -0.355 e. The molecule has 0 amide bonds. The Balaban J connectivity index is 1.80. The number of unbranched alkanes of at least 4 members (excludes halogenated alkanes) is 5. The second-order valence-corrected chi connectivity index (χ2v) is 5.75. The lowest BCUT2D eigenvalue weighted by Gasteiger charge is -2.31. The molecule has 2 heteroatoms. The average molecular weight is 272 g/mol. The van der Waals surface area contributed by atoms with Gasteiger partial charge in [-0.2, -0.15) is 0 Å². The summed E-state index contributed by atoms with van der Waals surface area (Å²) < 4.78 is 0. The van der Waals surface area contributed by atoms with Crippen molar-refractivity contribution in [2.45, 2.75) is 51.6 Å². The summed E-state index contributed by atoms with van der Waals surface area (Å²) in [6.45, 7) is 3.43. The van der Waals surface area contributed by atoms with Crippen molar-refractivity contribution in [2.24, 2.45) is 0 Å². The van der Waals surface area contributed by atoms with Crippen LogP contribution in [0.3, 0.4) is 0 Å². The molecule has 0 N–H and O–H groups in total. The predicted octanol–water partition coefficient (Wildman–Crippen LogP) is 4.76. The van der Waals surface area contributed by atoms with E-state index in [-0.39, 0.29) is 0 Å². The summed E-state index contributed by atoms with van der Waals surface area (Å²) in [7, 11) is 2.16. The maximum absolute atomic E-state index is 2.47. The molecule has 0 aliphatic carbocycles. The topological polar surface area (TPSA) is 6.48 Å². The van der Waals surface area contributed by atoms with E-state index in [0.717, 1.165) is 6.54 Å². The van der Waals surface area contributed by atoms with Gasteiger partial charge in [0.05, 0.1) is 0 Å². The Labute approximate surface area is 124 Å². The summed E-state index contributed by atoms with van der Waals surface area (Å²) in [4.78, 5) is 4.77. The lowest BCUT2D eigenvalue weighted by Crippen LogP contribution is -2.29. The van der Waals surface area contributed by atoms with Crippen LogP contribution < -0.4 is 0 Å². The highest BCUT2D eigenvalue weighted by Gasteiger charge is 2.24. The van der Waals surface area contributed by atoms with E-state index in [1.807, 2.05) is 0 Å². The highest BCUT2D eigenvalue weighted by Crippen LogP contribution is 2.29. The zero-order chi connectivity index (χ0) is 14.2. The van der Waals surface area contributed by atoms with Crippen molar-refractivity contribution >= 4 is 0 Å². The van der Waals surface area contributed by atoms with E-state index in [2.05, 4.69) is 66.5 Å². The van der Waals surface area contributed by atoms with Crippen molar-refractivity contribution in [3.05, 3.63) is 48.3 Å². The second-order valence-electron chi connectivity index (χ2n) is 5.75. The molecular weight excluding hydrogens is 244 g/mol. The van der Waals surface area contributed by atoms with Gasteiger partial charge in [-0.25, -0.2) is 0 Å². The Morgan fingerprint density at radius 1 is 0.900 bits per heavy atom. The summed E-state index contributed by atoms with van der Waals surface area (Å²) >= 11 is 0. The largest absolute Gasteiger partial charge is 0.355 e. The number of rotatable bonds is 8. The van der Waals surface area contributed by atoms with Gasteiger partial charge in [0, 0.05) is 26.0 Å². The van der Waals surface area contributed by atoms with Gasteiger partial charge < -0.3 is 9.80 Å². The van der Waals surface area contributed by atoms with Crippen molar-refractivity contribution in [3.63, 3.8) is 0 Å². The van der Waals surface area contributed by atoms with Gasteiger partial charge in [-0.1, -0.05) is 69.4 Å². The lowest BCUT2D eigenvalue weighted by molar-refractivity contribution is 0.176. The van der Waals surface area contributed by atoms with Gasteiger partial charge in [-0.15, -0.1) is 0 Å². The van der Waals surface area contributed by atoms with Gasteiger partial charge in [0.1, 0.15) is 6.17 Å². The molecule has 0 fully saturated rings.